The van der Waals surface area contributed by atoms with Gasteiger partial charge < -0.3 is 0 Å². The number of anilines is 2. The first-order chi connectivity index (χ1) is 9.70. The molecule has 0 saturated carbocycles. The minimum atomic E-state index is -0.370. The molecule has 3 rings (SSSR count). The van der Waals surface area contributed by atoms with Gasteiger partial charge in [0.1, 0.15) is 7.05 Å². The maximum atomic E-state index is 12.3. The Morgan fingerprint density at radius 2 is 1.05 bits per heavy atom. The van der Waals surface area contributed by atoms with Crippen LogP contribution in [0.3, 0.4) is 0 Å². The molecule has 1 fully saturated rings. The summed E-state index contributed by atoms with van der Waals surface area (Å²) in [5.41, 5.74) is 1.30. The highest BCUT2D eigenvalue weighted by Crippen LogP contribution is 2.28. The Morgan fingerprint density at radius 3 is 1.40 bits per heavy atom. The zero-order chi connectivity index (χ0) is 14.1. The predicted octanol–water partition coefficient (Wildman–Crippen LogP) is 2.94. The van der Waals surface area contributed by atoms with Crippen LogP contribution in [0.4, 0.5) is 21.0 Å². The molecular weight excluding hydrogens is 254 g/mol. The predicted molar refractivity (Wildman–Crippen MR) is 76.7 cm³/mol. The van der Waals surface area contributed by atoms with E-state index in [-0.39, 0.29) is 12.1 Å². The summed E-state index contributed by atoms with van der Waals surface area (Å²) in [6.07, 6.45) is 0. The molecule has 5 heteroatoms. The van der Waals surface area contributed by atoms with Crippen molar-refractivity contribution in [2.24, 2.45) is 0 Å². The highest BCUT2D eigenvalue weighted by molar-refractivity contribution is 6.20. The Hall–Kier alpha value is -2.66. The van der Waals surface area contributed by atoms with Crippen molar-refractivity contribution in [1.29, 1.82) is 0 Å². The number of nitrogens with zero attached hydrogens (tertiary/aromatic N) is 3. The van der Waals surface area contributed by atoms with E-state index in [4.69, 9.17) is 0 Å². The third-order valence-corrected chi connectivity index (χ3v) is 3.14. The number of rotatable bonds is 2. The van der Waals surface area contributed by atoms with Crippen molar-refractivity contribution >= 4 is 23.4 Å². The molecule has 0 N–H and O–H groups in total. The molecule has 0 atom stereocenters. The molecular formula is C15H13N3O2+. The number of hydrogen-bond donors (Lipinski definition) is 0. The van der Waals surface area contributed by atoms with Crippen LogP contribution in [-0.2, 0) is 0 Å². The van der Waals surface area contributed by atoms with E-state index >= 15 is 0 Å². The van der Waals surface area contributed by atoms with Crippen molar-refractivity contribution in [2.45, 2.75) is 0 Å². The first-order valence-corrected chi connectivity index (χ1v) is 6.22. The van der Waals surface area contributed by atoms with E-state index in [0.717, 1.165) is 4.90 Å². The highest BCUT2D eigenvalue weighted by atomic mass is 16.2. The van der Waals surface area contributed by atoms with Gasteiger partial charge in [-0.1, -0.05) is 36.4 Å². The number of benzene rings is 2. The van der Waals surface area contributed by atoms with Crippen LogP contribution in [0.25, 0.3) is 0 Å². The molecule has 2 aromatic carbocycles. The molecule has 1 saturated heterocycles. The molecule has 2 aromatic rings. The van der Waals surface area contributed by atoms with Gasteiger partial charge in [0.25, 0.3) is 0 Å². The van der Waals surface area contributed by atoms with Crippen LogP contribution < -0.4 is 14.9 Å². The molecule has 20 heavy (non-hydrogen) atoms. The van der Waals surface area contributed by atoms with E-state index < -0.39 is 0 Å². The highest BCUT2D eigenvalue weighted by Gasteiger charge is 2.53. The lowest BCUT2D eigenvalue weighted by Gasteiger charge is -2.21. The second kappa shape index (κ2) is 4.79. The zero-order valence-corrected chi connectivity index (χ0v) is 10.9. The van der Waals surface area contributed by atoms with Gasteiger partial charge in [-0.25, -0.2) is 0 Å². The fourth-order valence-electron chi connectivity index (χ4n) is 2.13. The van der Waals surface area contributed by atoms with Crippen LogP contribution in [0.1, 0.15) is 0 Å². The van der Waals surface area contributed by atoms with Crippen LogP contribution in [0.15, 0.2) is 60.7 Å². The van der Waals surface area contributed by atoms with Gasteiger partial charge in [-0.15, -0.1) is 0 Å². The van der Waals surface area contributed by atoms with Gasteiger partial charge in [-0.3, -0.25) is 0 Å². The standard InChI is InChI=1S/C15H13N3O2/c1-16-14(19)17(12-8-4-2-5-9-12)18(15(16)20)13-10-6-3-7-11-13/h2-11H,1H3/q+1. The molecule has 4 amide bonds. The third-order valence-electron chi connectivity index (χ3n) is 3.14. The number of hydrazine groups is 1. The van der Waals surface area contributed by atoms with E-state index in [9.17, 15) is 9.59 Å². The van der Waals surface area contributed by atoms with E-state index in [0.29, 0.717) is 11.4 Å². The van der Waals surface area contributed by atoms with Gasteiger partial charge in [0.2, 0.25) is 0 Å². The van der Waals surface area contributed by atoms with E-state index in [1.807, 2.05) is 36.4 Å². The van der Waals surface area contributed by atoms with Gasteiger partial charge in [0, 0.05) is 4.90 Å². The van der Waals surface area contributed by atoms with Crippen LogP contribution in [0, 0.1) is 0 Å². The second-order valence-electron chi connectivity index (χ2n) is 4.42. The zero-order valence-electron chi connectivity index (χ0n) is 10.9. The SMILES string of the molecule is C[N+]1C(=O)N(c2ccccc2)N(c2ccccc2)C1=O. The fourth-order valence-corrected chi connectivity index (χ4v) is 2.13. The number of imide groups is 1. The Balaban J connectivity index is 2.10. The Kier molecular flexibility index (Phi) is 2.96. The number of hydrogen-bond acceptors (Lipinski definition) is 2. The number of para-hydroxylation sites is 2. The molecule has 5 nitrogen and oxygen atoms in total. The summed E-state index contributed by atoms with van der Waals surface area (Å²) in [6.45, 7) is 0. The first-order valence-electron chi connectivity index (χ1n) is 6.22. The molecule has 0 aliphatic carbocycles. The number of carbonyl (C=O) groups excluding carboxylic acids is 2. The Morgan fingerprint density at radius 1 is 0.700 bits per heavy atom. The topological polar surface area (TPSA) is 46.5 Å². The lowest BCUT2D eigenvalue weighted by atomic mass is 10.3. The Bertz CT molecular complexity index is 585. The van der Waals surface area contributed by atoms with Crippen molar-refractivity contribution in [3.05, 3.63) is 60.7 Å². The summed E-state index contributed by atoms with van der Waals surface area (Å²) in [4.78, 5) is 25.7. The lowest BCUT2D eigenvalue weighted by Crippen LogP contribution is -2.40. The molecule has 0 unspecified atom stereocenters. The van der Waals surface area contributed by atoms with Crippen molar-refractivity contribution in [3.63, 3.8) is 0 Å². The average Bonchev–Trinajstić information content (AvgIpc) is 2.73. The van der Waals surface area contributed by atoms with Gasteiger partial charge in [0.05, 0.1) is 11.4 Å². The quantitative estimate of drug-likeness (QED) is 0.785. The molecule has 0 spiro atoms. The maximum Gasteiger partial charge on any atom is 0.501 e. The van der Waals surface area contributed by atoms with Gasteiger partial charge in [-0.2, -0.15) is 19.6 Å². The van der Waals surface area contributed by atoms with Gasteiger partial charge in [-0.05, 0) is 24.3 Å². The number of amides is 4. The molecule has 0 bridgehead atoms. The van der Waals surface area contributed by atoms with E-state index in [1.54, 1.807) is 24.3 Å². The normalized spacial score (nSPS) is 16.1. The monoisotopic (exact) mass is 267 g/mol. The smallest absolute Gasteiger partial charge is 0.198 e. The molecule has 1 aliphatic heterocycles. The molecule has 1 aliphatic rings. The maximum absolute atomic E-state index is 12.3. The van der Waals surface area contributed by atoms with Crippen molar-refractivity contribution in [1.82, 2.24) is 4.90 Å². The number of urea groups is 2. The summed E-state index contributed by atoms with van der Waals surface area (Å²) in [6, 6.07) is 17.5. The van der Waals surface area contributed by atoms with E-state index in [1.165, 1.54) is 17.1 Å². The molecule has 1 heterocycles. The fraction of sp³-hybridized carbons (Fsp3) is 0.0667. The van der Waals surface area contributed by atoms with Crippen LogP contribution in [0.2, 0.25) is 0 Å². The Labute approximate surface area is 116 Å². The summed E-state index contributed by atoms with van der Waals surface area (Å²) < 4.78 is 0. The van der Waals surface area contributed by atoms with Crippen molar-refractivity contribution in [3.8, 4) is 0 Å². The largest absolute Gasteiger partial charge is 0.501 e. The van der Waals surface area contributed by atoms with Gasteiger partial charge in [0.15, 0.2) is 0 Å². The summed E-state index contributed by atoms with van der Waals surface area (Å²) in [5.74, 6) is 0. The van der Waals surface area contributed by atoms with Crippen LogP contribution >= 0.6 is 0 Å². The molecule has 0 aromatic heterocycles. The van der Waals surface area contributed by atoms with Crippen molar-refractivity contribution in [2.75, 3.05) is 17.1 Å². The summed E-state index contributed by atoms with van der Waals surface area (Å²) >= 11 is 0. The molecule has 1 radical (unpaired) electrons. The minimum Gasteiger partial charge on any atom is -0.198 e. The average molecular weight is 267 g/mol. The summed E-state index contributed by atoms with van der Waals surface area (Å²) in [7, 11) is 1.48. The third kappa shape index (κ3) is 1.85. The van der Waals surface area contributed by atoms with Crippen LogP contribution in [0.5, 0.6) is 0 Å². The lowest BCUT2D eigenvalue weighted by molar-refractivity contribution is 0.231. The van der Waals surface area contributed by atoms with Crippen molar-refractivity contribution < 1.29 is 9.59 Å². The summed E-state index contributed by atoms with van der Waals surface area (Å²) in [5, 5.41) is 2.75. The van der Waals surface area contributed by atoms with Gasteiger partial charge >= 0.3 is 12.1 Å². The second-order valence-corrected chi connectivity index (χ2v) is 4.42. The number of carbonyl (C=O) groups is 2. The first kappa shape index (κ1) is 12.4. The molecule has 99 valence electrons. The van der Waals surface area contributed by atoms with Crippen LogP contribution in [-0.4, -0.2) is 19.1 Å². The van der Waals surface area contributed by atoms with E-state index in [2.05, 4.69) is 0 Å². The minimum absolute atomic E-state index is 0.370.